The SMILES string of the molecule is COc1cnc(Cl)cc1-c1cc(C)ncc1C(=O)Nc1nc2c(s1)CN(C(=O)N1CC(OC(F)F)C1)C2. The maximum absolute atomic E-state index is 13.2. The molecule has 0 unspecified atom stereocenters. The van der Waals surface area contributed by atoms with E-state index < -0.39 is 18.6 Å². The minimum atomic E-state index is -2.85. The predicted molar refractivity (Wildman–Crippen MR) is 131 cm³/mol. The van der Waals surface area contributed by atoms with Crippen LogP contribution in [0.1, 0.15) is 26.6 Å². The van der Waals surface area contributed by atoms with Crippen molar-refractivity contribution in [1.82, 2.24) is 24.8 Å². The van der Waals surface area contributed by atoms with Crippen molar-refractivity contribution >= 4 is 40.0 Å². The number of methoxy groups -OCH3 is 1. The number of halogens is 3. The number of aryl methyl sites for hydroxylation is 1. The van der Waals surface area contributed by atoms with Crippen LogP contribution in [0.2, 0.25) is 5.15 Å². The summed E-state index contributed by atoms with van der Waals surface area (Å²) in [6, 6.07) is 3.13. The number of anilines is 1. The van der Waals surface area contributed by atoms with E-state index in [0.29, 0.717) is 45.5 Å². The summed E-state index contributed by atoms with van der Waals surface area (Å²) in [5, 5.41) is 3.46. The third kappa shape index (κ3) is 5.20. The topological polar surface area (TPSA) is 110 Å². The van der Waals surface area contributed by atoms with E-state index in [1.807, 2.05) is 6.92 Å². The van der Waals surface area contributed by atoms with E-state index in [1.165, 1.54) is 35.7 Å². The van der Waals surface area contributed by atoms with Crippen molar-refractivity contribution in [2.24, 2.45) is 0 Å². The molecule has 3 aromatic heterocycles. The molecule has 5 heterocycles. The van der Waals surface area contributed by atoms with Gasteiger partial charge in [-0.1, -0.05) is 22.9 Å². The zero-order chi connectivity index (χ0) is 26.3. The van der Waals surface area contributed by atoms with Gasteiger partial charge in [0.05, 0.1) is 61.7 Å². The number of aromatic nitrogens is 3. The van der Waals surface area contributed by atoms with Crippen molar-refractivity contribution in [3.05, 3.63) is 51.5 Å². The van der Waals surface area contributed by atoms with E-state index in [2.05, 4.69) is 25.0 Å². The maximum Gasteiger partial charge on any atom is 0.345 e. The summed E-state index contributed by atoms with van der Waals surface area (Å²) < 4.78 is 34.4. The zero-order valence-electron chi connectivity index (χ0n) is 19.7. The van der Waals surface area contributed by atoms with Crippen molar-refractivity contribution in [2.75, 3.05) is 25.5 Å². The minimum Gasteiger partial charge on any atom is -0.494 e. The molecular weight excluding hydrogens is 530 g/mol. The van der Waals surface area contributed by atoms with Gasteiger partial charge >= 0.3 is 12.6 Å². The molecule has 0 aromatic carbocycles. The second-order valence-electron chi connectivity index (χ2n) is 8.48. The Morgan fingerprint density at radius 2 is 1.95 bits per heavy atom. The fourth-order valence-electron chi connectivity index (χ4n) is 4.17. The number of thiazole rings is 1. The van der Waals surface area contributed by atoms with Gasteiger partial charge in [0.2, 0.25) is 0 Å². The molecular formula is C23H21ClF2N6O4S. The molecule has 3 amide bonds. The summed E-state index contributed by atoms with van der Waals surface area (Å²) >= 11 is 7.37. The van der Waals surface area contributed by atoms with Crippen molar-refractivity contribution in [1.29, 1.82) is 0 Å². The number of alkyl halides is 2. The number of amides is 3. The number of likely N-dealkylation sites (tertiary alicyclic amines) is 1. The first-order valence-electron chi connectivity index (χ1n) is 11.2. The predicted octanol–water partition coefficient (Wildman–Crippen LogP) is 4.18. The molecule has 2 aliphatic rings. The summed E-state index contributed by atoms with van der Waals surface area (Å²) in [6.45, 7) is -0.199. The number of fused-ring (bicyclic) bond motifs is 1. The van der Waals surface area contributed by atoms with E-state index in [9.17, 15) is 18.4 Å². The Labute approximate surface area is 219 Å². The molecule has 194 valence electrons. The molecule has 1 N–H and O–H groups in total. The van der Waals surface area contributed by atoms with Gasteiger partial charge in [-0.25, -0.2) is 14.8 Å². The van der Waals surface area contributed by atoms with Gasteiger partial charge in [-0.3, -0.25) is 15.1 Å². The normalized spacial score (nSPS) is 15.1. The Bertz CT molecular complexity index is 1340. The third-order valence-electron chi connectivity index (χ3n) is 5.99. The minimum absolute atomic E-state index is 0.127. The molecule has 0 saturated carbocycles. The fraction of sp³-hybridized carbons (Fsp3) is 0.348. The van der Waals surface area contributed by atoms with Crippen LogP contribution < -0.4 is 10.1 Å². The molecule has 0 radical (unpaired) electrons. The number of rotatable bonds is 6. The molecule has 5 rings (SSSR count). The van der Waals surface area contributed by atoms with Gasteiger partial charge in [0.15, 0.2) is 5.13 Å². The molecule has 37 heavy (non-hydrogen) atoms. The Morgan fingerprint density at radius 3 is 2.65 bits per heavy atom. The summed E-state index contributed by atoms with van der Waals surface area (Å²) in [4.78, 5) is 42.5. The quantitative estimate of drug-likeness (QED) is 0.458. The first kappa shape index (κ1) is 25.2. The average molecular weight is 551 g/mol. The number of nitrogens with one attached hydrogen (secondary N) is 1. The van der Waals surface area contributed by atoms with Crippen molar-refractivity contribution < 1.29 is 27.8 Å². The largest absolute Gasteiger partial charge is 0.494 e. The first-order valence-corrected chi connectivity index (χ1v) is 12.3. The standard InChI is InChI=1S/C23H21ClF2N6O4S/c1-11-3-13(14-4-19(24)28-6-17(14)35-2)15(5-27-11)20(33)30-22-29-16-9-32(10-18(16)37-22)23(34)31-7-12(8-31)36-21(25)26/h3-6,12,21H,7-10H2,1-2H3,(H,29,30,33). The lowest BCUT2D eigenvalue weighted by Crippen LogP contribution is -2.58. The monoisotopic (exact) mass is 550 g/mol. The van der Waals surface area contributed by atoms with Crippen LogP contribution in [0.3, 0.4) is 0 Å². The molecule has 1 fully saturated rings. The highest BCUT2D eigenvalue weighted by molar-refractivity contribution is 7.16. The molecule has 2 aliphatic heterocycles. The van der Waals surface area contributed by atoms with Crippen LogP contribution in [0, 0.1) is 6.92 Å². The second-order valence-corrected chi connectivity index (χ2v) is 9.95. The van der Waals surface area contributed by atoms with E-state index in [-0.39, 0.29) is 30.8 Å². The highest BCUT2D eigenvalue weighted by atomic mass is 35.5. The molecule has 0 spiro atoms. The van der Waals surface area contributed by atoms with Crippen LogP contribution in [0.5, 0.6) is 5.75 Å². The number of pyridine rings is 2. The van der Waals surface area contributed by atoms with E-state index >= 15 is 0 Å². The van der Waals surface area contributed by atoms with Gasteiger partial charge in [-0.05, 0) is 19.1 Å². The van der Waals surface area contributed by atoms with Crippen LogP contribution in [0.15, 0.2) is 24.5 Å². The van der Waals surface area contributed by atoms with E-state index in [4.69, 9.17) is 16.3 Å². The fourth-order valence-corrected chi connectivity index (χ4v) is 5.31. The third-order valence-corrected chi connectivity index (χ3v) is 7.19. The summed E-state index contributed by atoms with van der Waals surface area (Å²) in [6.07, 6.45) is 2.32. The number of nitrogens with zero attached hydrogens (tertiary/aromatic N) is 5. The summed E-state index contributed by atoms with van der Waals surface area (Å²) in [7, 11) is 1.50. The summed E-state index contributed by atoms with van der Waals surface area (Å²) in [5.74, 6) is 0.0415. The van der Waals surface area contributed by atoms with E-state index in [0.717, 1.165) is 4.88 Å². The van der Waals surface area contributed by atoms with Gasteiger partial charge < -0.3 is 19.3 Å². The molecule has 0 aliphatic carbocycles. The number of ether oxygens (including phenoxy) is 2. The van der Waals surface area contributed by atoms with Crippen LogP contribution >= 0.6 is 22.9 Å². The van der Waals surface area contributed by atoms with Gasteiger partial charge in [-0.2, -0.15) is 8.78 Å². The summed E-state index contributed by atoms with van der Waals surface area (Å²) in [5.41, 5.74) is 2.86. The highest BCUT2D eigenvalue weighted by Gasteiger charge is 2.38. The van der Waals surface area contributed by atoms with Gasteiger partial charge in [0.1, 0.15) is 10.9 Å². The Hall–Kier alpha value is -3.42. The molecule has 10 nitrogen and oxygen atoms in total. The number of hydrogen-bond acceptors (Lipinski definition) is 8. The lowest BCUT2D eigenvalue weighted by atomic mass is 10.0. The Kier molecular flexibility index (Phi) is 6.92. The lowest BCUT2D eigenvalue weighted by molar-refractivity contribution is -0.190. The number of urea groups is 1. The smallest absolute Gasteiger partial charge is 0.345 e. The highest BCUT2D eigenvalue weighted by Crippen LogP contribution is 2.36. The first-order chi connectivity index (χ1) is 17.7. The van der Waals surface area contributed by atoms with Crippen LogP contribution in [-0.2, 0) is 17.8 Å². The average Bonchev–Trinajstić information content (AvgIpc) is 3.39. The molecule has 3 aromatic rings. The second kappa shape index (κ2) is 10.1. The van der Waals surface area contributed by atoms with Crippen LogP contribution in [0.4, 0.5) is 18.7 Å². The van der Waals surface area contributed by atoms with Crippen LogP contribution in [0.25, 0.3) is 11.1 Å². The Morgan fingerprint density at radius 1 is 1.16 bits per heavy atom. The maximum atomic E-state index is 13.2. The van der Waals surface area contributed by atoms with Crippen molar-refractivity contribution in [3.63, 3.8) is 0 Å². The zero-order valence-corrected chi connectivity index (χ0v) is 21.3. The Balaban J connectivity index is 1.27. The van der Waals surface area contributed by atoms with Gasteiger partial charge in [0.25, 0.3) is 5.91 Å². The lowest BCUT2D eigenvalue weighted by Gasteiger charge is -2.40. The van der Waals surface area contributed by atoms with Crippen LogP contribution in [-0.4, -0.2) is 69.6 Å². The van der Waals surface area contributed by atoms with Gasteiger partial charge in [-0.15, -0.1) is 0 Å². The number of hydrogen-bond donors (Lipinski definition) is 1. The molecule has 14 heteroatoms. The molecule has 1 saturated heterocycles. The molecule has 0 atom stereocenters. The van der Waals surface area contributed by atoms with Gasteiger partial charge in [0, 0.05) is 23.0 Å². The number of carbonyl (C=O) groups excluding carboxylic acids is 2. The van der Waals surface area contributed by atoms with E-state index in [1.54, 1.807) is 17.0 Å². The number of carbonyl (C=O) groups is 2. The van der Waals surface area contributed by atoms with Crippen molar-refractivity contribution in [2.45, 2.75) is 32.7 Å². The van der Waals surface area contributed by atoms with Crippen molar-refractivity contribution in [3.8, 4) is 16.9 Å². The molecule has 0 bridgehead atoms.